The van der Waals surface area contributed by atoms with E-state index in [0.29, 0.717) is 12.1 Å². The van der Waals surface area contributed by atoms with E-state index in [2.05, 4.69) is 38.3 Å². The van der Waals surface area contributed by atoms with Crippen LogP contribution in [0, 0.1) is 23.2 Å². The lowest BCUT2D eigenvalue weighted by Crippen LogP contribution is -2.60. The van der Waals surface area contributed by atoms with Gasteiger partial charge in [0, 0.05) is 16.0 Å². The summed E-state index contributed by atoms with van der Waals surface area (Å²) in [6, 6.07) is 8.05. The van der Waals surface area contributed by atoms with Crippen molar-refractivity contribution in [2.24, 2.45) is 23.2 Å². The molecule has 0 saturated carbocycles. The quantitative estimate of drug-likeness (QED) is 0.450. The predicted octanol–water partition coefficient (Wildman–Crippen LogP) is 4.45. The molecule has 3 heterocycles. The molecule has 1 aromatic carbocycles. The van der Waals surface area contributed by atoms with E-state index < -0.39 is 39.0 Å². The summed E-state index contributed by atoms with van der Waals surface area (Å²) in [5.41, 5.74) is 0.211. The third kappa shape index (κ3) is 4.99. The van der Waals surface area contributed by atoms with Gasteiger partial charge in [0.15, 0.2) is 0 Å². The number of likely N-dealkylation sites (tertiary alicyclic amines) is 1. The standard InChI is InChI=1S/C30H45N3O4S/c1-18(2)20(16-34)33-23(25(36)32-28(6,7)17-27(3,4)5)30-15-14-29(8,38-30)21(22(30)26(33)37)24(35)31-19-12-10-9-11-13-19/h9-13,18,20-23,34H,14-17H2,1-8H3,(H,31,35)(H,32,36)/t20-,21+,22-,23?,29-,30?/m0/s1. The van der Waals surface area contributed by atoms with Gasteiger partial charge in [0.2, 0.25) is 17.7 Å². The molecule has 6 atom stereocenters. The van der Waals surface area contributed by atoms with Crippen molar-refractivity contribution in [2.45, 2.75) is 102 Å². The third-order valence-electron chi connectivity index (χ3n) is 8.53. The average molecular weight is 544 g/mol. The minimum Gasteiger partial charge on any atom is -0.394 e. The van der Waals surface area contributed by atoms with E-state index in [0.717, 1.165) is 12.8 Å². The van der Waals surface area contributed by atoms with Gasteiger partial charge in [-0.2, -0.15) is 0 Å². The molecule has 38 heavy (non-hydrogen) atoms. The Balaban J connectivity index is 1.75. The second-order valence-corrected chi connectivity index (χ2v) is 15.8. The molecule has 3 N–H and O–H groups in total. The van der Waals surface area contributed by atoms with Crippen LogP contribution in [0.4, 0.5) is 5.69 Å². The highest BCUT2D eigenvalue weighted by Gasteiger charge is 2.77. The number of rotatable bonds is 8. The Morgan fingerprint density at radius 3 is 2.29 bits per heavy atom. The number of amides is 3. The van der Waals surface area contributed by atoms with Crippen molar-refractivity contribution in [1.82, 2.24) is 10.2 Å². The average Bonchev–Trinajstić information content (AvgIpc) is 3.34. The van der Waals surface area contributed by atoms with Crippen molar-refractivity contribution in [2.75, 3.05) is 11.9 Å². The first kappa shape index (κ1) is 28.9. The summed E-state index contributed by atoms with van der Waals surface area (Å²) < 4.78 is -1.16. The van der Waals surface area contributed by atoms with Crippen LogP contribution >= 0.6 is 11.8 Å². The van der Waals surface area contributed by atoms with Gasteiger partial charge in [-0.15, -0.1) is 11.8 Å². The molecule has 1 spiro atoms. The molecule has 3 fully saturated rings. The van der Waals surface area contributed by atoms with Gasteiger partial charge in [0.05, 0.1) is 29.2 Å². The van der Waals surface area contributed by atoms with E-state index in [1.165, 1.54) is 0 Å². The number of hydrogen-bond acceptors (Lipinski definition) is 5. The number of thioether (sulfide) groups is 1. The smallest absolute Gasteiger partial charge is 0.244 e. The Morgan fingerprint density at radius 2 is 1.74 bits per heavy atom. The minimum absolute atomic E-state index is 0.00299. The summed E-state index contributed by atoms with van der Waals surface area (Å²) >= 11 is 1.66. The third-order valence-corrected chi connectivity index (χ3v) is 10.5. The number of anilines is 1. The molecule has 0 aliphatic carbocycles. The maximum atomic E-state index is 14.3. The van der Waals surface area contributed by atoms with Gasteiger partial charge < -0.3 is 20.6 Å². The number of para-hydroxylation sites is 1. The van der Waals surface area contributed by atoms with Crippen LogP contribution in [-0.4, -0.2) is 61.5 Å². The maximum Gasteiger partial charge on any atom is 0.244 e. The molecular formula is C30H45N3O4S. The van der Waals surface area contributed by atoms with Gasteiger partial charge in [-0.05, 0) is 63.5 Å². The summed E-state index contributed by atoms with van der Waals surface area (Å²) in [6.07, 6.45) is 2.20. The van der Waals surface area contributed by atoms with Gasteiger partial charge in [0.1, 0.15) is 6.04 Å². The van der Waals surface area contributed by atoms with Crippen LogP contribution in [0.5, 0.6) is 0 Å². The van der Waals surface area contributed by atoms with Crippen LogP contribution in [-0.2, 0) is 14.4 Å². The predicted molar refractivity (Wildman–Crippen MR) is 153 cm³/mol. The summed E-state index contributed by atoms with van der Waals surface area (Å²) in [5, 5.41) is 16.7. The van der Waals surface area contributed by atoms with Gasteiger partial charge >= 0.3 is 0 Å². The fraction of sp³-hybridized carbons (Fsp3) is 0.700. The van der Waals surface area contributed by atoms with Gasteiger partial charge in [-0.3, -0.25) is 14.4 Å². The number of carbonyl (C=O) groups excluding carboxylic acids is 3. The lowest BCUT2D eigenvalue weighted by atomic mass is 9.66. The highest BCUT2D eigenvalue weighted by Crippen LogP contribution is 2.71. The van der Waals surface area contributed by atoms with Crippen molar-refractivity contribution in [3.8, 4) is 0 Å². The summed E-state index contributed by atoms with van der Waals surface area (Å²) in [7, 11) is 0. The minimum atomic E-state index is -0.750. The molecule has 0 radical (unpaired) electrons. The SMILES string of the molecule is CC(C)[C@H](CO)N1C(=O)[C@@H]2[C@H](C(=O)Nc3ccccc3)[C@]3(C)CCC2(S3)C1C(=O)NC(C)(C)CC(C)(C)C. The topological polar surface area (TPSA) is 98.7 Å². The Bertz CT molecular complexity index is 1080. The first-order valence-electron chi connectivity index (χ1n) is 13.9. The number of benzene rings is 1. The fourth-order valence-corrected chi connectivity index (χ4v) is 9.90. The number of aliphatic hydroxyl groups excluding tert-OH is 1. The Kier molecular flexibility index (Phi) is 7.50. The van der Waals surface area contributed by atoms with Gasteiger partial charge in [-0.25, -0.2) is 0 Å². The zero-order valence-electron chi connectivity index (χ0n) is 24.1. The van der Waals surface area contributed by atoms with E-state index in [4.69, 9.17) is 0 Å². The van der Waals surface area contributed by atoms with Crippen LogP contribution in [0.3, 0.4) is 0 Å². The summed E-state index contributed by atoms with van der Waals surface area (Å²) in [6.45, 7) is 16.2. The van der Waals surface area contributed by atoms with Gasteiger partial charge in [-0.1, -0.05) is 52.8 Å². The van der Waals surface area contributed by atoms with Gasteiger partial charge in [0.25, 0.3) is 0 Å². The highest BCUT2D eigenvalue weighted by molar-refractivity contribution is 8.02. The van der Waals surface area contributed by atoms with E-state index in [-0.39, 0.29) is 35.7 Å². The van der Waals surface area contributed by atoms with Crippen molar-refractivity contribution < 1.29 is 19.5 Å². The molecule has 7 nitrogen and oxygen atoms in total. The second kappa shape index (κ2) is 9.84. The summed E-state index contributed by atoms with van der Waals surface area (Å²) in [4.78, 5) is 44.0. The molecule has 3 amide bonds. The van der Waals surface area contributed by atoms with E-state index in [1.54, 1.807) is 16.7 Å². The molecule has 3 aliphatic heterocycles. The maximum absolute atomic E-state index is 14.3. The van der Waals surface area contributed by atoms with E-state index >= 15 is 0 Å². The largest absolute Gasteiger partial charge is 0.394 e. The molecule has 1 aromatic rings. The Morgan fingerprint density at radius 1 is 1.11 bits per heavy atom. The van der Waals surface area contributed by atoms with Crippen molar-refractivity contribution in [3.05, 3.63) is 30.3 Å². The number of carbonyl (C=O) groups is 3. The van der Waals surface area contributed by atoms with Crippen molar-refractivity contribution in [3.63, 3.8) is 0 Å². The lowest BCUT2D eigenvalue weighted by molar-refractivity contribution is -0.144. The number of aliphatic hydroxyl groups is 1. The Labute approximate surface area is 231 Å². The number of fused-ring (bicyclic) bond motifs is 1. The van der Waals surface area contributed by atoms with E-state index in [1.807, 2.05) is 58.0 Å². The van der Waals surface area contributed by atoms with Crippen LogP contribution < -0.4 is 10.6 Å². The zero-order valence-corrected chi connectivity index (χ0v) is 24.9. The molecule has 8 heteroatoms. The van der Waals surface area contributed by atoms with Crippen molar-refractivity contribution >= 4 is 35.2 Å². The molecule has 3 aliphatic rings. The van der Waals surface area contributed by atoms with Crippen LogP contribution in [0.1, 0.15) is 74.7 Å². The number of nitrogens with zero attached hydrogens (tertiary/aromatic N) is 1. The first-order valence-corrected chi connectivity index (χ1v) is 14.7. The molecule has 4 rings (SSSR count). The normalized spacial score (nSPS) is 31.5. The molecular weight excluding hydrogens is 498 g/mol. The summed E-state index contributed by atoms with van der Waals surface area (Å²) in [5.74, 6) is -1.78. The van der Waals surface area contributed by atoms with Crippen LogP contribution in [0.25, 0.3) is 0 Å². The molecule has 0 aromatic heterocycles. The second-order valence-electron chi connectivity index (χ2n) is 13.9. The molecule has 3 saturated heterocycles. The number of hydrogen-bond donors (Lipinski definition) is 3. The first-order chi connectivity index (χ1) is 17.6. The van der Waals surface area contributed by atoms with Crippen LogP contribution in [0.15, 0.2) is 30.3 Å². The molecule has 2 unspecified atom stereocenters. The van der Waals surface area contributed by atoms with Crippen molar-refractivity contribution in [1.29, 1.82) is 0 Å². The molecule has 210 valence electrons. The van der Waals surface area contributed by atoms with E-state index in [9.17, 15) is 19.5 Å². The molecule has 2 bridgehead atoms. The lowest BCUT2D eigenvalue weighted by Gasteiger charge is -2.41. The number of nitrogens with one attached hydrogen (secondary N) is 2. The highest BCUT2D eigenvalue weighted by atomic mass is 32.2. The zero-order chi connectivity index (χ0) is 28.3. The Hall–Kier alpha value is -2.06. The van der Waals surface area contributed by atoms with Crippen LogP contribution in [0.2, 0.25) is 0 Å². The monoisotopic (exact) mass is 543 g/mol. The fourth-order valence-electron chi connectivity index (χ4n) is 7.56.